The average molecular weight is 493 g/mol. The van der Waals surface area contributed by atoms with Gasteiger partial charge in [-0.3, -0.25) is 0 Å². The van der Waals surface area contributed by atoms with Crippen molar-refractivity contribution in [2.24, 2.45) is 4.36 Å². The van der Waals surface area contributed by atoms with E-state index in [1.807, 2.05) is 12.1 Å². The van der Waals surface area contributed by atoms with Crippen LogP contribution in [0, 0.1) is 0 Å². The quantitative estimate of drug-likeness (QED) is 0.456. The van der Waals surface area contributed by atoms with Crippen LogP contribution in [0.15, 0.2) is 46.8 Å². The van der Waals surface area contributed by atoms with Crippen LogP contribution < -0.4 is 14.8 Å². The number of carbonyl (C=O) groups is 1. The highest BCUT2D eigenvalue weighted by molar-refractivity contribution is 7.61. The lowest BCUT2D eigenvalue weighted by Crippen LogP contribution is -2.39. The van der Waals surface area contributed by atoms with Gasteiger partial charge in [-0.25, -0.2) is 4.79 Å². The molecule has 0 unspecified atom stereocenters. The smallest absolute Gasteiger partial charge is 0.335 e. The molecule has 1 aliphatic rings. The topological polar surface area (TPSA) is 135 Å². The molecule has 1 fully saturated rings. The molecule has 0 aliphatic heterocycles. The van der Waals surface area contributed by atoms with Crippen molar-refractivity contribution in [2.45, 2.75) is 51.2 Å². The van der Waals surface area contributed by atoms with E-state index in [0.717, 1.165) is 25.7 Å². The lowest BCUT2D eigenvalue weighted by molar-refractivity contribution is 0.0696. The Morgan fingerprint density at radius 2 is 1.82 bits per heavy atom. The summed E-state index contributed by atoms with van der Waals surface area (Å²) in [5.41, 5.74) is 1.59. The number of benzene rings is 2. The minimum atomic E-state index is -2.62. The molecule has 34 heavy (non-hydrogen) atoms. The number of aliphatic hydroxyl groups excluding tert-OH is 1. The van der Waals surface area contributed by atoms with Gasteiger partial charge in [-0.15, -0.1) is 4.36 Å². The zero-order valence-corrected chi connectivity index (χ0v) is 19.1. The van der Waals surface area contributed by atoms with Gasteiger partial charge in [0.25, 0.3) is 0 Å². The summed E-state index contributed by atoms with van der Waals surface area (Å²) in [6.45, 7) is 0.422. The van der Waals surface area contributed by atoms with Crippen LogP contribution in [0.5, 0.6) is 11.5 Å². The summed E-state index contributed by atoms with van der Waals surface area (Å²) in [7, 11) is -1.20. The Labute approximate surface area is 201 Å². The fourth-order valence-electron chi connectivity index (χ4n) is 3.99. The number of nitrogens with one attached hydrogen (secondary N) is 1. The molecule has 0 saturated heterocycles. The Morgan fingerprint density at radius 3 is 2.41 bits per heavy atom. The van der Waals surface area contributed by atoms with E-state index >= 15 is 0 Å². The normalized spacial score (nSPS) is 18.3. The largest absolute Gasteiger partial charge is 0.494 e. The van der Waals surface area contributed by atoms with E-state index in [4.69, 9.17) is 14.6 Å². The van der Waals surface area contributed by atoms with Crippen LogP contribution in [-0.2, 0) is 10.5 Å². The van der Waals surface area contributed by atoms with Crippen LogP contribution in [-0.4, -0.2) is 57.0 Å². The minimum Gasteiger partial charge on any atom is -0.494 e. The molecule has 0 radical (unpaired) electrons. The number of carboxylic acid groups (broad SMARTS) is 1. The van der Waals surface area contributed by atoms with E-state index in [1.54, 1.807) is 24.3 Å². The van der Waals surface area contributed by atoms with Gasteiger partial charge in [0.05, 0.1) is 12.7 Å². The fourth-order valence-corrected chi connectivity index (χ4v) is 4.30. The molecule has 3 N–H and O–H groups in total. The second kappa shape index (κ2) is 13.1. The number of aliphatic hydroxyl groups is 1. The molecule has 0 spiro atoms. The van der Waals surface area contributed by atoms with E-state index in [-0.39, 0.29) is 19.7 Å². The molecule has 0 heterocycles. The van der Waals surface area contributed by atoms with Gasteiger partial charge >= 0.3 is 16.5 Å². The average Bonchev–Trinajstić information content (AvgIpc) is 2.81. The summed E-state index contributed by atoms with van der Waals surface area (Å²) in [5, 5.41) is 22.7. The molecule has 1 atom stereocenters. The van der Waals surface area contributed by atoms with E-state index < -0.39 is 22.6 Å². The number of ether oxygens (including phenoxy) is 2. The summed E-state index contributed by atoms with van der Waals surface area (Å²) in [6, 6.07) is 12.0. The van der Waals surface area contributed by atoms with Gasteiger partial charge < -0.3 is 25.0 Å². The van der Waals surface area contributed by atoms with Crippen LogP contribution in [0.25, 0.3) is 0 Å². The number of aromatic carboxylic acids is 1. The first-order valence-corrected chi connectivity index (χ1v) is 11.8. The van der Waals surface area contributed by atoms with E-state index in [9.17, 15) is 18.3 Å². The summed E-state index contributed by atoms with van der Waals surface area (Å²) in [5.74, 6) is 0.186. The van der Waals surface area contributed by atoms with Crippen molar-refractivity contribution in [1.82, 2.24) is 5.32 Å². The SMILES string of the molecule is C.COc1ccc(OC[C@@H](O)CNC2CCC(c3ccc(C(=O)O)cc3)CC2)cc1N=S(=O)=O. The van der Waals surface area contributed by atoms with Gasteiger partial charge in [-0.05, 0) is 61.4 Å². The standard InChI is InChI=1S/C23H28N2O7S.CH4/c1-31-22-11-10-20(12-21(22)25-33(29)30)32-14-19(26)13-24-18-8-6-16(7-9-18)15-2-4-17(5-3-15)23(27)28;/h2-5,10-12,16,18-19,24,26H,6-9,13-14H2,1H3,(H,27,28);1H4/t16?,18?,19-;/m0./s1. The molecule has 2 aromatic rings. The summed E-state index contributed by atoms with van der Waals surface area (Å²) in [4.78, 5) is 11.0. The third-order valence-electron chi connectivity index (χ3n) is 5.76. The molecule has 1 aliphatic carbocycles. The molecule has 2 aromatic carbocycles. The number of rotatable bonds is 10. The summed E-state index contributed by atoms with van der Waals surface area (Å²) < 4.78 is 35.8. The number of nitrogens with zero attached hydrogens (tertiary/aromatic N) is 1. The van der Waals surface area contributed by atoms with Gasteiger partial charge in [-0.2, -0.15) is 8.42 Å². The minimum absolute atomic E-state index is 0. The highest BCUT2D eigenvalue weighted by Crippen LogP contribution is 2.33. The molecular weight excluding hydrogens is 460 g/mol. The maximum atomic E-state index is 11.0. The van der Waals surface area contributed by atoms with Crippen LogP contribution in [0.4, 0.5) is 5.69 Å². The number of methoxy groups -OCH3 is 1. The molecule has 1 saturated carbocycles. The van der Waals surface area contributed by atoms with Gasteiger partial charge in [0.2, 0.25) is 0 Å². The van der Waals surface area contributed by atoms with Crippen LogP contribution >= 0.6 is 0 Å². The monoisotopic (exact) mass is 492 g/mol. The zero-order valence-electron chi connectivity index (χ0n) is 18.3. The molecular formula is C24H32N2O7S. The Morgan fingerprint density at radius 1 is 1.15 bits per heavy atom. The molecule has 3 rings (SSSR count). The number of hydrogen-bond acceptors (Lipinski definition) is 8. The van der Waals surface area contributed by atoms with Crippen molar-refractivity contribution in [3.63, 3.8) is 0 Å². The Bertz CT molecular complexity index is 1070. The first-order chi connectivity index (χ1) is 15.9. The second-order valence-electron chi connectivity index (χ2n) is 7.99. The van der Waals surface area contributed by atoms with Crippen LogP contribution in [0.2, 0.25) is 0 Å². The van der Waals surface area contributed by atoms with Crippen molar-refractivity contribution >= 4 is 22.2 Å². The maximum absolute atomic E-state index is 11.0. The molecule has 0 amide bonds. The van der Waals surface area contributed by atoms with Gasteiger partial charge in [0.1, 0.15) is 29.9 Å². The van der Waals surface area contributed by atoms with E-state index in [1.165, 1.54) is 18.7 Å². The lowest BCUT2D eigenvalue weighted by Gasteiger charge is -2.30. The zero-order chi connectivity index (χ0) is 23.8. The predicted octanol–water partition coefficient (Wildman–Crippen LogP) is 3.78. The lowest BCUT2D eigenvalue weighted by atomic mass is 9.81. The summed E-state index contributed by atoms with van der Waals surface area (Å²) >= 11 is 0. The van der Waals surface area contributed by atoms with Crippen molar-refractivity contribution in [3.8, 4) is 11.5 Å². The van der Waals surface area contributed by atoms with Crippen molar-refractivity contribution < 1.29 is 32.9 Å². The Kier molecular flexibility index (Phi) is 10.5. The molecule has 186 valence electrons. The van der Waals surface area contributed by atoms with Gasteiger partial charge in [0, 0.05) is 18.7 Å². The highest BCUT2D eigenvalue weighted by atomic mass is 32.2. The van der Waals surface area contributed by atoms with E-state index in [0.29, 0.717) is 35.6 Å². The second-order valence-corrected chi connectivity index (χ2v) is 8.61. The van der Waals surface area contributed by atoms with Gasteiger partial charge in [0.15, 0.2) is 0 Å². The first kappa shape index (κ1) is 27.3. The first-order valence-electron chi connectivity index (χ1n) is 10.7. The van der Waals surface area contributed by atoms with Crippen molar-refractivity contribution in [2.75, 3.05) is 20.3 Å². The maximum Gasteiger partial charge on any atom is 0.335 e. The van der Waals surface area contributed by atoms with E-state index in [2.05, 4.69) is 9.68 Å². The van der Waals surface area contributed by atoms with Crippen molar-refractivity contribution in [3.05, 3.63) is 53.6 Å². The van der Waals surface area contributed by atoms with Crippen LogP contribution in [0.1, 0.15) is 54.9 Å². The predicted molar refractivity (Wildman–Crippen MR) is 129 cm³/mol. The third kappa shape index (κ3) is 7.82. The molecule has 9 nitrogen and oxygen atoms in total. The molecule has 10 heteroatoms. The third-order valence-corrected chi connectivity index (χ3v) is 6.11. The molecule has 0 aromatic heterocycles. The number of hydrogen-bond donors (Lipinski definition) is 3. The fraction of sp³-hybridized carbons (Fsp3) is 0.458. The summed E-state index contributed by atoms with van der Waals surface area (Å²) in [6.07, 6.45) is 3.19. The van der Waals surface area contributed by atoms with Crippen molar-refractivity contribution in [1.29, 1.82) is 0 Å². The Balaban J connectivity index is 0.00000408. The number of carboxylic acids is 1. The Hall–Kier alpha value is -2.95. The van der Waals surface area contributed by atoms with Gasteiger partial charge in [-0.1, -0.05) is 19.6 Å². The highest BCUT2D eigenvalue weighted by Gasteiger charge is 2.23. The molecule has 0 bridgehead atoms. The van der Waals surface area contributed by atoms with Crippen LogP contribution in [0.3, 0.4) is 0 Å².